The van der Waals surface area contributed by atoms with E-state index in [9.17, 15) is 4.79 Å². The number of fused-ring (bicyclic) bond motifs is 1. The van der Waals surface area contributed by atoms with E-state index < -0.39 is 0 Å². The average molecular weight is 567 g/mol. The van der Waals surface area contributed by atoms with Crippen molar-refractivity contribution in [1.29, 1.82) is 0 Å². The summed E-state index contributed by atoms with van der Waals surface area (Å²) in [7, 11) is 0. The fraction of sp³-hybridized carbons (Fsp3) is 0.200. The van der Waals surface area contributed by atoms with Gasteiger partial charge in [-0.05, 0) is 57.6 Å². The minimum atomic E-state index is 0.0655. The number of amides is 1. The van der Waals surface area contributed by atoms with E-state index in [-0.39, 0.29) is 11.8 Å². The van der Waals surface area contributed by atoms with E-state index in [0.717, 1.165) is 63.3 Å². The van der Waals surface area contributed by atoms with Gasteiger partial charge in [-0.1, -0.05) is 54.6 Å². The van der Waals surface area contributed by atoms with Crippen LogP contribution in [-0.4, -0.2) is 43.5 Å². The van der Waals surface area contributed by atoms with E-state index in [2.05, 4.69) is 37.4 Å². The number of rotatable bonds is 6. The van der Waals surface area contributed by atoms with E-state index in [1.165, 1.54) is 0 Å². The molecule has 1 fully saturated rings. The molecule has 8 heteroatoms. The highest BCUT2D eigenvalue weighted by Crippen LogP contribution is 2.32. The van der Waals surface area contributed by atoms with Crippen molar-refractivity contribution in [3.05, 3.63) is 113 Å². The molecule has 38 heavy (non-hydrogen) atoms. The molecule has 1 N–H and O–H groups in total. The van der Waals surface area contributed by atoms with Gasteiger partial charge in [-0.15, -0.1) is 0 Å². The zero-order valence-electron chi connectivity index (χ0n) is 20.8. The third-order valence-corrected chi connectivity index (χ3v) is 7.57. The lowest BCUT2D eigenvalue weighted by molar-refractivity contribution is 0.0707. The van der Waals surface area contributed by atoms with Gasteiger partial charge in [-0.25, -0.2) is 4.98 Å². The Morgan fingerprint density at radius 1 is 1.03 bits per heavy atom. The van der Waals surface area contributed by atoms with Crippen LogP contribution in [0.2, 0.25) is 0 Å². The molecular formula is C30H27BrN6O. The molecule has 1 aliphatic heterocycles. The summed E-state index contributed by atoms with van der Waals surface area (Å²) in [6.45, 7) is 1.98. The summed E-state index contributed by atoms with van der Waals surface area (Å²) < 4.78 is 2.65. The lowest BCUT2D eigenvalue weighted by atomic mass is 9.92. The van der Waals surface area contributed by atoms with Crippen molar-refractivity contribution in [1.82, 2.24) is 24.5 Å². The first kappa shape index (κ1) is 24.3. The number of hydrogen-bond donors (Lipinski definition) is 1. The fourth-order valence-corrected chi connectivity index (χ4v) is 5.45. The maximum Gasteiger partial charge on any atom is 0.254 e. The van der Waals surface area contributed by atoms with Crippen molar-refractivity contribution in [3.8, 4) is 11.1 Å². The average Bonchev–Trinajstić information content (AvgIpc) is 3.37. The Balaban J connectivity index is 1.28. The number of anilines is 1. The number of pyridine rings is 1. The molecule has 1 aliphatic rings. The molecule has 190 valence electrons. The Morgan fingerprint density at radius 2 is 1.87 bits per heavy atom. The van der Waals surface area contributed by atoms with Gasteiger partial charge in [-0.2, -0.15) is 9.61 Å². The largest absolute Gasteiger partial charge is 0.366 e. The minimum absolute atomic E-state index is 0.0655. The second kappa shape index (κ2) is 10.8. The van der Waals surface area contributed by atoms with Crippen LogP contribution in [0.5, 0.6) is 0 Å². The predicted molar refractivity (Wildman–Crippen MR) is 152 cm³/mol. The number of likely N-dealkylation sites (tertiary alicyclic amines) is 1. The van der Waals surface area contributed by atoms with Gasteiger partial charge in [0.1, 0.15) is 5.82 Å². The summed E-state index contributed by atoms with van der Waals surface area (Å²) in [6.07, 6.45) is 7.28. The van der Waals surface area contributed by atoms with Crippen LogP contribution in [0.25, 0.3) is 16.8 Å². The van der Waals surface area contributed by atoms with E-state index in [0.29, 0.717) is 13.1 Å². The summed E-state index contributed by atoms with van der Waals surface area (Å²) >= 11 is 3.60. The van der Waals surface area contributed by atoms with Crippen LogP contribution >= 0.6 is 15.9 Å². The first-order valence-electron chi connectivity index (χ1n) is 12.8. The minimum Gasteiger partial charge on any atom is -0.366 e. The molecule has 0 radical (unpaired) electrons. The van der Waals surface area contributed by atoms with Gasteiger partial charge in [0.2, 0.25) is 0 Å². The molecule has 1 unspecified atom stereocenters. The molecule has 7 nitrogen and oxygen atoms in total. The van der Waals surface area contributed by atoms with Crippen molar-refractivity contribution in [2.75, 3.05) is 18.4 Å². The van der Waals surface area contributed by atoms with Gasteiger partial charge in [0.25, 0.3) is 5.91 Å². The van der Waals surface area contributed by atoms with Crippen LogP contribution in [0.1, 0.15) is 40.4 Å². The molecular weight excluding hydrogens is 540 g/mol. The molecule has 3 aromatic heterocycles. The first-order valence-corrected chi connectivity index (χ1v) is 13.6. The molecule has 1 saturated heterocycles. The second-order valence-corrected chi connectivity index (χ2v) is 10.4. The fourth-order valence-electron chi connectivity index (χ4n) is 5.10. The number of piperidine rings is 1. The summed E-state index contributed by atoms with van der Waals surface area (Å²) in [5, 5.41) is 8.00. The van der Waals surface area contributed by atoms with Gasteiger partial charge in [0, 0.05) is 49.6 Å². The van der Waals surface area contributed by atoms with Crippen LogP contribution < -0.4 is 5.32 Å². The zero-order valence-corrected chi connectivity index (χ0v) is 22.4. The summed E-state index contributed by atoms with van der Waals surface area (Å²) in [5.74, 6) is 1.05. The molecule has 0 bridgehead atoms. The van der Waals surface area contributed by atoms with Crippen LogP contribution in [0.4, 0.5) is 5.82 Å². The second-order valence-electron chi connectivity index (χ2n) is 9.51. The Morgan fingerprint density at radius 3 is 2.71 bits per heavy atom. The Hall–Kier alpha value is -4.04. The Labute approximate surface area is 229 Å². The third kappa shape index (κ3) is 4.91. The lowest BCUT2D eigenvalue weighted by Crippen LogP contribution is -2.39. The first-order chi connectivity index (χ1) is 18.7. The van der Waals surface area contributed by atoms with Crippen LogP contribution in [0.3, 0.4) is 0 Å². The molecule has 6 rings (SSSR count). The number of hydrogen-bond acceptors (Lipinski definition) is 5. The summed E-state index contributed by atoms with van der Waals surface area (Å²) in [4.78, 5) is 24.9. The topological polar surface area (TPSA) is 75.4 Å². The molecule has 4 heterocycles. The summed E-state index contributed by atoms with van der Waals surface area (Å²) in [6, 6.07) is 24.0. The molecule has 0 spiro atoms. The zero-order chi connectivity index (χ0) is 25.9. The standard InChI is InChI=1S/C30H27BrN6O/c31-26-19-34-37-28(33-18-21-8-6-14-32-17-21)16-27(35-29(26)37)23-11-7-15-36(20-23)30(38)25-13-5-4-12-24(25)22-9-2-1-3-10-22/h1-6,8-10,12-14,16-17,19,23,33H,7,11,15,18,20H2. The van der Waals surface area contributed by atoms with E-state index in [4.69, 9.17) is 4.98 Å². The highest BCUT2D eigenvalue weighted by atomic mass is 79.9. The number of aromatic nitrogens is 4. The van der Waals surface area contributed by atoms with Gasteiger partial charge in [0.15, 0.2) is 5.65 Å². The maximum absolute atomic E-state index is 13.8. The number of nitrogens with zero attached hydrogens (tertiary/aromatic N) is 5. The normalized spacial score (nSPS) is 15.5. The van der Waals surface area contributed by atoms with Crippen molar-refractivity contribution < 1.29 is 4.79 Å². The van der Waals surface area contributed by atoms with E-state index in [1.54, 1.807) is 12.4 Å². The predicted octanol–water partition coefficient (Wildman–Crippen LogP) is 6.19. The Bertz CT molecular complexity index is 1570. The maximum atomic E-state index is 13.8. The molecule has 5 aromatic rings. The van der Waals surface area contributed by atoms with Gasteiger partial charge < -0.3 is 10.2 Å². The molecule has 2 aromatic carbocycles. The van der Waals surface area contributed by atoms with Crippen molar-refractivity contribution in [2.24, 2.45) is 0 Å². The number of carbonyl (C=O) groups is 1. The van der Waals surface area contributed by atoms with Crippen molar-refractivity contribution >= 4 is 33.3 Å². The smallest absolute Gasteiger partial charge is 0.254 e. The number of nitrogens with one attached hydrogen (secondary N) is 1. The molecule has 0 saturated carbocycles. The number of halogens is 1. The highest BCUT2D eigenvalue weighted by molar-refractivity contribution is 9.10. The van der Waals surface area contributed by atoms with Gasteiger partial charge in [0.05, 0.1) is 16.4 Å². The molecule has 0 aliphatic carbocycles. The number of benzene rings is 2. The van der Waals surface area contributed by atoms with Crippen LogP contribution in [0.15, 0.2) is 95.9 Å². The quantitative estimate of drug-likeness (QED) is 0.265. The van der Waals surface area contributed by atoms with Gasteiger partial charge >= 0.3 is 0 Å². The Kier molecular flexibility index (Phi) is 6.88. The summed E-state index contributed by atoms with van der Waals surface area (Å²) in [5.41, 5.74) is 5.55. The lowest BCUT2D eigenvalue weighted by Gasteiger charge is -2.33. The van der Waals surface area contributed by atoms with Crippen LogP contribution in [0, 0.1) is 0 Å². The van der Waals surface area contributed by atoms with Crippen LogP contribution in [-0.2, 0) is 6.54 Å². The van der Waals surface area contributed by atoms with Crippen molar-refractivity contribution in [3.63, 3.8) is 0 Å². The highest BCUT2D eigenvalue weighted by Gasteiger charge is 2.28. The number of carbonyl (C=O) groups excluding carboxylic acids is 1. The SMILES string of the molecule is O=C(c1ccccc1-c1ccccc1)N1CCCC(c2cc(NCc3cccnc3)n3ncc(Br)c3n2)C1. The van der Waals surface area contributed by atoms with E-state index >= 15 is 0 Å². The molecule has 1 amide bonds. The monoisotopic (exact) mass is 566 g/mol. The van der Waals surface area contributed by atoms with E-state index in [1.807, 2.05) is 82.3 Å². The van der Waals surface area contributed by atoms with Crippen molar-refractivity contribution in [2.45, 2.75) is 25.3 Å². The van der Waals surface area contributed by atoms with Gasteiger partial charge in [-0.3, -0.25) is 9.78 Å². The molecule has 1 atom stereocenters. The third-order valence-electron chi connectivity index (χ3n) is 7.01.